The summed E-state index contributed by atoms with van der Waals surface area (Å²) in [6.07, 6.45) is 1.16. The molecule has 9 nitrogen and oxygen atoms in total. The number of carbonyl (C=O) groups is 3. The van der Waals surface area contributed by atoms with Crippen LogP contribution in [0.4, 0.5) is 16.2 Å². The normalized spacial score (nSPS) is 14.1. The minimum atomic E-state index is -0.801. The Kier molecular flexibility index (Phi) is 8.76. The van der Waals surface area contributed by atoms with Crippen LogP contribution in [0.25, 0.3) is 32.6 Å². The maximum atomic E-state index is 14.1. The van der Waals surface area contributed by atoms with Gasteiger partial charge in [0.15, 0.2) is 0 Å². The lowest BCUT2D eigenvalue weighted by Gasteiger charge is -2.18. The molecule has 7 rings (SSSR count). The van der Waals surface area contributed by atoms with Crippen molar-refractivity contribution in [2.24, 2.45) is 0 Å². The van der Waals surface area contributed by atoms with E-state index in [9.17, 15) is 14.4 Å². The van der Waals surface area contributed by atoms with Crippen molar-refractivity contribution in [3.63, 3.8) is 0 Å². The average Bonchev–Trinajstić information content (AvgIpc) is 3.81. The monoisotopic (exact) mass is 684 g/mol. The number of anilines is 2. The van der Waals surface area contributed by atoms with Crippen LogP contribution in [-0.2, 0) is 4.74 Å². The molecule has 238 valence electrons. The lowest BCUT2D eigenvalue weighted by molar-refractivity contribution is 0.0982. The highest BCUT2D eigenvalue weighted by molar-refractivity contribution is 8.76. The van der Waals surface area contributed by atoms with Crippen LogP contribution in [0.15, 0.2) is 84.9 Å². The molecule has 0 radical (unpaired) electrons. The zero-order valence-corrected chi connectivity index (χ0v) is 27.6. The highest BCUT2D eigenvalue weighted by atomic mass is 35.5. The summed E-state index contributed by atoms with van der Waals surface area (Å²) in [5.74, 6) is 0.617. The predicted molar refractivity (Wildman–Crippen MR) is 192 cm³/mol. The number of nitrogens with one attached hydrogen (secondary N) is 3. The van der Waals surface area contributed by atoms with E-state index in [-0.39, 0.29) is 24.3 Å². The van der Waals surface area contributed by atoms with Gasteiger partial charge in [0.1, 0.15) is 23.7 Å². The van der Waals surface area contributed by atoms with Crippen LogP contribution in [0, 0.1) is 0 Å². The summed E-state index contributed by atoms with van der Waals surface area (Å²) in [7, 11) is 3.18. The summed E-state index contributed by atoms with van der Waals surface area (Å²) in [5, 5.41) is 6.25. The van der Waals surface area contributed by atoms with Gasteiger partial charge in [0.2, 0.25) is 0 Å². The molecule has 2 amide bonds. The molecule has 1 aliphatic rings. The molecule has 6 aromatic rings. The van der Waals surface area contributed by atoms with Gasteiger partial charge in [-0.3, -0.25) is 9.59 Å². The quantitative estimate of drug-likeness (QED) is 0.0459. The minimum Gasteiger partial charge on any atom is -0.433 e. The Hall–Kier alpha value is -4.58. The molecule has 47 heavy (non-hydrogen) atoms. The molecule has 1 unspecified atom stereocenters. The van der Waals surface area contributed by atoms with E-state index in [1.807, 2.05) is 73.0 Å². The Balaban J connectivity index is 1.16. The van der Waals surface area contributed by atoms with E-state index in [4.69, 9.17) is 21.1 Å². The zero-order valence-electron chi connectivity index (χ0n) is 25.2. The first-order valence-corrected chi connectivity index (χ1v) is 18.1. The van der Waals surface area contributed by atoms with E-state index in [0.717, 1.165) is 38.1 Å². The van der Waals surface area contributed by atoms with Crippen LogP contribution >= 0.6 is 33.2 Å². The Morgan fingerprint density at radius 1 is 0.915 bits per heavy atom. The van der Waals surface area contributed by atoms with E-state index in [1.54, 1.807) is 44.7 Å². The van der Waals surface area contributed by atoms with Crippen molar-refractivity contribution in [2.75, 3.05) is 41.3 Å². The maximum Gasteiger partial charge on any atom is 0.513 e. The topological polar surface area (TPSA) is 117 Å². The summed E-state index contributed by atoms with van der Waals surface area (Å²) in [4.78, 5) is 47.7. The molecule has 0 aliphatic carbocycles. The standard InChI is InChI=1S/C35H29ClN4O5S2/c1-46-47-13-12-44-35(43)45-31-17-30-32(25-8-4-3-7-24(25)31)22(18-36)19-40(30)34(42)29-16-21-14-23(10-11-27(21)39-29)37-33(41)28-15-20-6-2-5-9-26(20)38-28/h2-11,14-17,22,38-39H,12-13,18-19H2,1H3,(H,37,41). The fourth-order valence-electron chi connectivity index (χ4n) is 6.04. The molecule has 0 saturated carbocycles. The molecule has 1 atom stereocenters. The van der Waals surface area contributed by atoms with Gasteiger partial charge in [0, 0.05) is 63.0 Å². The van der Waals surface area contributed by atoms with Crippen molar-refractivity contribution in [2.45, 2.75) is 5.92 Å². The number of hydrogen-bond acceptors (Lipinski definition) is 7. The lowest BCUT2D eigenvalue weighted by Crippen LogP contribution is -2.30. The van der Waals surface area contributed by atoms with E-state index < -0.39 is 6.16 Å². The van der Waals surface area contributed by atoms with Gasteiger partial charge < -0.3 is 29.7 Å². The first kappa shape index (κ1) is 31.0. The summed E-state index contributed by atoms with van der Waals surface area (Å²) in [5.41, 5.74) is 4.62. The zero-order chi connectivity index (χ0) is 32.5. The van der Waals surface area contributed by atoms with Gasteiger partial charge in [-0.05, 0) is 53.6 Å². The number of fused-ring (bicyclic) bond motifs is 5. The van der Waals surface area contributed by atoms with Crippen molar-refractivity contribution in [3.05, 3.63) is 102 Å². The Labute approximate surface area is 282 Å². The molecular formula is C35H29ClN4O5S2. The predicted octanol–water partition coefficient (Wildman–Crippen LogP) is 8.56. The van der Waals surface area contributed by atoms with Gasteiger partial charge in [0.05, 0.1) is 5.69 Å². The van der Waals surface area contributed by atoms with Crippen LogP contribution in [0.3, 0.4) is 0 Å². The number of aromatic nitrogens is 2. The van der Waals surface area contributed by atoms with E-state index in [1.165, 1.54) is 0 Å². The van der Waals surface area contributed by atoms with Gasteiger partial charge in [-0.2, -0.15) is 0 Å². The highest BCUT2D eigenvalue weighted by Crippen LogP contribution is 2.46. The van der Waals surface area contributed by atoms with E-state index in [0.29, 0.717) is 46.7 Å². The number of hydrogen-bond donors (Lipinski definition) is 3. The van der Waals surface area contributed by atoms with Crippen LogP contribution in [-0.4, -0.2) is 59.0 Å². The van der Waals surface area contributed by atoms with Crippen molar-refractivity contribution in [3.8, 4) is 5.75 Å². The molecule has 0 fully saturated rings. The first-order chi connectivity index (χ1) is 22.9. The van der Waals surface area contributed by atoms with Crippen molar-refractivity contribution in [1.29, 1.82) is 0 Å². The van der Waals surface area contributed by atoms with E-state index in [2.05, 4.69) is 15.3 Å². The van der Waals surface area contributed by atoms with Gasteiger partial charge in [-0.25, -0.2) is 4.79 Å². The average molecular weight is 685 g/mol. The van der Waals surface area contributed by atoms with Gasteiger partial charge in [0.25, 0.3) is 11.8 Å². The van der Waals surface area contributed by atoms with Gasteiger partial charge in [-0.1, -0.05) is 64.1 Å². The molecule has 0 spiro atoms. The molecule has 1 aliphatic heterocycles. The number of para-hydroxylation sites is 1. The fraction of sp³-hybridized carbons (Fsp3) is 0.171. The fourth-order valence-corrected chi connectivity index (χ4v) is 7.32. The maximum absolute atomic E-state index is 14.1. The number of halogens is 1. The molecular weight excluding hydrogens is 656 g/mol. The van der Waals surface area contributed by atoms with Crippen molar-refractivity contribution >= 4 is 95.1 Å². The molecule has 3 heterocycles. The number of carbonyl (C=O) groups excluding carboxylic acids is 3. The molecule has 2 aromatic heterocycles. The number of aromatic amines is 2. The number of rotatable bonds is 9. The second kappa shape index (κ2) is 13.3. The van der Waals surface area contributed by atoms with Gasteiger partial charge in [-0.15, -0.1) is 11.6 Å². The Bertz CT molecular complexity index is 2130. The molecule has 0 saturated heterocycles. The van der Waals surface area contributed by atoms with Crippen LogP contribution in [0.1, 0.15) is 32.5 Å². The molecule has 0 bridgehead atoms. The van der Waals surface area contributed by atoms with Crippen molar-refractivity contribution in [1.82, 2.24) is 9.97 Å². The number of benzene rings is 4. The number of H-pyrrole nitrogens is 2. The molecule has 4 aromatic carbocycles. The van der Waals surface area contributed by atoms with Crippen LogP contribution in [0.5, 0.6) is 5.75 Å². The number of alkyl halides is 1. The number of ether oxygens (including phenoxy) is 2. The Morgan fingerprint density at radius 3 is 2.47 bits per heavy atom. The van der Waals surface area contributed by atoms with Crippen LogP contribution in [0.2, 0.25) is 0 Å². The van der Waals surface area contributed by atoms with Crippen LogP contribution < -0.4 is 15.0 Å². The number of nitrogens with zero attached hydrogens (tertiary/aromatic N) is 1. The third-order valence-electron chi connectivity index (χ3n) is 8.14. The summed E-state index contributed by atoms with van der Waals surface area (Å²) < 4.78 is 11.0. The lowest BCUT2D eigenvalue weighted by atomic mass is 9.95. The summed E-state index contributed by atoms with van der Waals surface area (Å²) >= 11 is 6.46. The minimum absolute atomic E-state index is 0.124. The smallest absolute Gasteiger partial charge is 0.433 e. The third kappa shape index (κ3) is 6.14. The summed E-state index contributed by atoms with van der Waals surface area (Å²) in [6, 6.07) is 26.1. The number of amides is 2. The largest absolute Gasteiger partial charge is 0.513 e. The Morgan fingerprint density at radius 2 is 1.66 bits per heavy atom. The van der Waals surface area contributed by atoms with Crippen molar-refractivity contribution < 1.29 is 23.9 Å². The molecule has 12 heteroatoms. The SMILES string of the molecule is CSSCCOC(=O)Oc1cc2c(c3ccccc13)C(CCl)CN2C(=O)c1cc2cc(NC(=O)c3cc4ccccc4[nH]3)ccc2[nH]1. The second-order valence-corrected chi connectivity index (χ2v) is 14.0. The van der Waals surface area contributed by atoms with Gasteiger partial charge >= 0.3 is 6.16 Å². The first-order valence-electron chi connectivity index (χ1n) is 14.9. The summed E-state index contributed by atoms with van der Waals surface area (Å²) in [6.45, 7) is 0.587. The second-order valence-electron chi connectivity index (χ2n) is 11.0. The molecule has 3 N–H and O–H groups in total. The van der Waals surface area contributed by atoms with E-state index >= 15 is 0 Å². The third-order valence-corrected chi connectivity index (χ3v) is 10.3. The highest BCUT2D eigenvalue weighted by Gasteiger charge is 2.36.